The Morgan fingerprint density at radius 1 is 1.16 bits per heavy atom. The zero-order chi connectivity index (χ0) is 13.2. The van der Waals surface area contributed by atoms with Gasteiger partial charge in [0.1, 0.15) is 5.76 Å². The van der Waals surface area contributed by atoms with Crippen molar-refractivity contribution >= 4 is 5.82 Å². The van der Waals surface area contributed by atoms with Gasteiger partial charge in [0.2, 0.25) is 0 Å². The predicted molar refractivity (Wildman–Crippen MR) is 76.9 cm³/mol. The van der Waals surface area contributed by atoms with Crippen molar-refractivity contribution in [2.45, 2.75) is 44.9 Å². The topological polar surface area (TPSA) is 52.0 Å². The first-order valence-electron chi connectivity index (χ1n) is 7.08. The van der Waals surface area contributed by atoms with Crippen LogP contribution < -0.4 is 5.73 Å². The maximum atomic E-state index is 6.04. The van der Waals surface area contributed by atoms with E-state index in [0.29, 0.717) is 11.7 Å². The van der Waals surface area contributed by atoms with Gasteiger partial charge in [-0.1, -0.05) is 48.7 Å². The highest BCUT2D eigenvalue weighted by Crippen LogP contribution is 2.41. The Morgan fingerprint density at radius 2 is 1.89 bits per heavy atom. The molecule has 3 nitrogen and oxygen atoms in total. The highest BCUT2D eigenvalue weighted by atomic mass is 16.5. The van der Waals surface area contributed by atoms with E-state index in [1.54, 1.807) is 0 Å². The monoisotopic (exact) mass is 256 g/mol. The number of rotatable bonds is 2. The van der Waals surface area contributed by atoms with E-state index in [1.165, 1.54) is 37.7 Å². The minimum absolute atomic E-state index is 0.480. The molecule has 0 spiro atoms. The second-order valence-corrected chi connectivity index (χ2v) is 5.46. The summed E-state index contributed by atoms with van der Waals surface area (Å²) in [5, 5.41) is 4.01. The predicted octanol–water partition coefficient (Wildman–Crippen LogP) is 4.28. The molecule has 1 fully saturated rings. The van der Waals surface area contributed by atoms with Crippen LogP contribution in [0.15, 0.2) is 28.8 Å². The standard InChI is InChI=1S/C16H20N2O/c1-11-7-5-6-10-13(11)14-15(19-18-16(14)17)12-8-3-2-4-9-12/h5-7,10,12H,2-4,8-9H2,1H3,(H2,17,18). The number of nitrogens with two attached hydrogens (primary N) is 1. The minimum Gasteiger partial charge on any atom is -0.380 e. The molecular formula is C16H20N2O. The molecule has 3 rings (SSSR count). The molecule has 0 unspecified atom stereocenters. The second kappa shape index (κ2) is 5.08. The summed E-state index contributed by atoms with van der Waals surface area (Å²) in [6.45, 7) is 2.10. The summed E-state index contributed by atoms with van der Waals surface area (Å²) in [5.41, 5.74) is 9.43. The molecule has 0 aliphatic heterocycles. The zero-order valence-electron chi connectivity index (χ0n) is 11.4. The number of hydrogen-bond acceptors (Lipinski definition) is 3. The van der Waals surface area contributed by atoms with Crippen molar-refractivity contribution in [1.29, 1.82) is 0 Å². The van der Waals surface area contributed by atoms with E-state index in [9.17, 15) is 0 Å². The van der Waals surface area contributed by atoms with Gasteiger partial charge in [-0.15, -0.1) is 0 Å². The first kappa shape index (κ1) is 12.3. The maximum absolute atomic E-state index is 6.04. The van der Waals surface area contributed by atoms with E-state index in [-0.39, 0.29) is 0 Å². The summed E-state index contributed by atoms with van der Waals surface area (Å²) in [7, 11) is 0. The van der Waals surface area contributed by atoms with Gasteiger partial charge in [-0.2, -0.15) is 0 Å². The molecule has 2 aromatic rings. The molecule has 100 valence electrons. The van der Waals surface area contributed by atoms with Crippen LogP contribution in [0.4, 0.5) is 5.82 Å². The molecule has 0 bridgehead atoms. The molecule has 19 heavy (non-hydrogen) atoms. The first-order valence-corrected chi connectivity index (χ1v) is 7.08. The van der Waals surface area contributed by atoms with Crippen molar-refractivity contribution in [3.05, 3.63) is 35.6 Å². The molecule has 0 radical (unpaired) electrons. The van der Waals surface area contributed by atoms with E-state index in [1.807, 2.05) is 12.1 Å². The summed E-state index contributed by atoms with van der Waals surface area (Å²) in [5.74, 6) is 1.99. The van der Waals surface area contributed by atoms with Crippen LogP contribution in [0, 0.1) is 6.92 Å². The molecule has 1 aliphatic carbocycles. The molecule has 1 aromatic heterocycles. The van der Waals surface area contributed by atoms with Crippen molar-refractivity contribution in [3.63, 3.8) is 0 Å². The summed E-state index contributed by atoms with van der Waals surface area (Å²) < 4.78 is 5.57. The SMILES string of the molecule is Cc1ccccc1-c1c(N)noc1C1CCCCC1. The molecule has 0 saturated heterocycles. The van der Waals surface area contributed by atoms with Crippen molar-refractivity contribution in [2.24, 2.45) is 0 Å². The van der Waals surface area contributed by atoms with Crippen LogP contribution >= 0.6 is 0 Å². The Morgan fingerprint density at radius 3 is 2.63 bits per heavy atom. The fourth-order valence-electron chi connectivity index (χ4n) is 3.08. The van der Waals surface area contributed by atoms with Gasteiger partial charge in [-0.25, -0.2) is 0 Å². The first-order chi connectivity index (χ1) is 9.27. The maximum Gasteiger partial charge on any atom is 0.175 e. The lowest BCUT2D eigenvalue weighted by Crippen LogP contribution is -2.05. The lowest BCUT2D eigenvalue weighted by molar-refractivity contribution is 0.323. The van der Waals surface area contributed by atoms with Gasteiger partial charge in [0.25, 0.3) is 0 Å². The van der Waals surface area contributed by atoms with Gasteiger partial charge < -0.3 is 10.3 Å². The van der Waals surface area contributed by atoms with Crippen LogP contribution in [0.1, 0.15) is 49.3 Å². The Hall–Kier alpha value is -1.77. The number of nitrogens with zero attached hydrogens (tertiary/aromatic N) is 1. The van der Waals surface area contributed by atoms with Crippen LogP contribution in [0.5, 0.6) is 0 Å². The number of benzene rings is 1. The fraction of sp³-hybridized carbons (Fsp3) is 0.438. The highest BCUT2D eigenvalue weighted by molar-refractivity contribution is 5.78. The summed E-state index contributed by atoms with van der Waals surface area (Å²) >= 11 is 0. The summed E-state index contributed by atoms with van der Waals surface area (Å²) in [6.07, 6.45) is 6.26. The molecular weight excluding hydrogens is 236 g/mol. The lowest BCUT2D eigenvalue weighted by Gasteiger charge is -2.20. The third-order valence-electron chi connectivity index (χ3n) is 4.14. The van der Waals surface area contributed by atoms with Crippen molar-refractivity contribution < 1.29 is 4.52 Å². The Kier molecular flexibility index (Phi) is 3.28. The van der Waals surface area contributed by atoms with Crippen LogP contribution in [0.2, 0.25) is 0 Å². The van der Waals surface area contributed by atoms with E-state index < -0.39 is 0 Å². The summed E-state index contributed by atoms with van der Waals surface area (Å²) in [6, 6.07) is 8.29. The summed E-state index contributed by atoms with van der Waals surface area (Å²) in [4.78, 5) is 0. The van der Waals surface area contributed by atoms with Crippen LogP contribution in [-0.2, 0) is 0 Å². The van der Waals surface area contributed by atoms with E-state index in [2.05, 4.69) is 24.2 Å². The largest absolute Gasteiger partial charge is 0.380 e. The van der Waals surface area contributed by atoms with Crippen LogP contribution in [0.3, 0.4) is 0 Å². The Bertz CT molecular complexity index is 568. The van der Waals surface area contributed by atoms with E-state index in [0.717, 1.165) is 16.9 Å². The smallest absolute Gasteiger partial charge is 0.175 e. The van der Waals surface area contributed by atoms with Crippen LogP contribution in [0.25, 0.3) is 11.1 Å². The number of aryl methyl sites for hydroxylation is 1. The molecule has 2 N–H and O–H groups in total. The quantitative estimate of drug-likeness (QED) is 0.872. The minimum atomic E-state index is 0.480. The fourth-order valence-corrected chi connectivity index (χ4v) is 3.08. The molecule has 1 saturated carbocycles. The zero-order valence-corrected chi connectivity index (χ0v) is 11.4. The third kappa shape index (κ3) is 2.25. The molecule has 0 amide bonds. The number of nitrogen functional groups attached to an aromatic ring is 1. The average Bonchev–Trinajstić information content (AvgIpc) is 2.82. The number of hydrogen-bond donors (Lipinski definition) is 1. The Labute approximate surface area is 113 Å². The molecule has 0 atom stereocenters. The van der Waals surface area contributed by atoms with E-state index >= 15 is 0 Å². The molecule has 3 heteroatoms. The second-order valence-electron chi connectivity index (χ2n) is 5.46. The van der Waals surface area contributed by atoms with Gasteiger partial charge >= 0.3 is 0 Å². The number of aromatic nitrogens is 1. The number of anilines is 1. The highest BCUT2D eigenvalue weighted by Gasteiger charge is 2.26. The lowest BCUT2D eigenvalue weighted by atomic mass is 9.84. The Balaban J connectivity index is 2.06. The van der Waals surface area contributed by atoms with E-state index in [4.69, 9.17) is 10.3 Å². The van der Waals surface area contributed by atoms with Gasteiger partial charge in [0, 0.05) is 5.92 Å². The molecule has 1 aliphatic rings. The molecule has 1 aromatic carbocycles. The average molecular weight is 256 g/mol. The van der Waals surface area contributed by atoms with Gasteiger partial charge in [0.15, 0.2) is 5.82 Å². The van der Waals surface area contributed by atoms with Gasteiger partial charge in [0.05, 0.1) is 5.56 Å². The van der Waals surface area contributed by atoms with Gasteiger partial charge in [-0.05, 0) is 30.9 Å². The van der Waals surface area contributed by atoms with Crippen molar-refractivity contribution in [3.8, 4) is 11.1 Å². The van der Waals surface area contributed by atoms with Crippen LogP contribution in [-0.4, -0.2) is 5.16 Å². The van der Waals surface area contributed by atoms with Gasteiger partial charge in [-0.3, -0.25) is 0 Å². The normalized spacial score (nSPS) is 16.7. The van der Waals surface area contributed by atoms with Crippen molar-refractivity contribution in [1.82, 2.24) is 5.16 Å². The third-order valence-corrected chi connectivity index (χ3v) is 4.14. The molecule has 1 heterocycles. The van der Waals surface area contributed by atoms with Crippen molar-refractivity contribution in [2.75, 3.05) is 5.73 Å².